The van der Waals surface area contributed by atoms with Gasteiger partial charge in [-0.2, -0.15) is 0 Å². The summed E-state index contributed by atoms with van der Waals surface area (Å²) in [7, 11) is 0. The lowest BCUT2D eigenvalue weighted by atomic mass is 9.86. The fourth-order valence-electron chi connectivity index (χ4n) is 4.12. The lowest BCUT2D eigenvalue weighted by Gasteiger charge is -2.20. The van der Waals surface area contributed by atoms with Crippen LogP contribution in [-0.2, 0) is 4.79 Å². The van der Waals surface area contributed by atoms with Crippen molar-refractivity contribution >= 4 is 29.1 Å². The summed E-state index contributed by atoms with van der Waals surface area (Å²) in [6.07, 6.45) is 8.01. The number of amides is 2. The molecule has 24 heavy (non-hydrogen) atoms. The van der Waals surface area contributed by atoms with E-state index in [0.717, 1.165) is 38.0 Å². The first kappa shape index (κ1) is 15.7. The molecule has 4 nitrogen and oxygen atoms in total. The third-order valence-corrected chi connectivity index (χ3v) is 5.80. The molecule has 2 aliphatic heterocycles. The molecule has 2 saturated heterocycles. The van der Waals surface area contributed by atoms with Gasteiger partial charge in [-0.1, -0.05) is 23.8 Å². The van der Waals surface area contributed by atoms with Crippen LogP contribution in [0.3, 0.4) is 0 Å². The van der Waals surface area contributed by atoms with Crippen LogP contribution in [0.15, 0.2) is 30.4 Å². The van der Waals surface area contributed by atoms with Crippen molar-refractivity contribution in [3.8, 4) is 0 Å². The third-order valence-electron chi connectivity index (χ3n) is 5.47. The number of carbonyl (C=O) groups excluding carboxylic acids is 2. The van der Waals surface area contributed by atoms with Crippen LogP contribution >= 0.6 is 11.6 Å². The number of fused-ring (bicyclic) bond motifs is 1. The first-order chi connectivity index (χ1) is 11.6. The summed E-state index contributed by atoms with van der Waals surface area (Å²) in [4.78, 5) is 28.6. The lowest BCUT2D eigenvalue weighted by Crippen LogP contribution is -2.30. The predicted molar refractivity (Wildman–Crippen MR) is 94.3 cm³/mol. The molecule has 0 bridgehead atoms. The molecule has 5 heteroatoms. The Morgan fingerprint density at radius 3 is 2.46 bits per heavy atom. The van der Waals surface area contributed by atoms with E-state index in [1.54, 1.807) is 17.0 Å². The van der Waals surface area contributed by atoms with Crippen LogP contribution in [0.25, 0.3) is 0 Å². The second-order valence-corrected chi connectivity index (χ2v) is 7.39. The zero-order valence-electron chi connectivity index (χ0n) is 13.6. The predicted octanol–water partition coefficient (Wildman–Crippen LogP) is 3.51. The van der Waals surface area contributed by atoms with E-state index < -0.39 is 0 Å². The van der Waals surface area contributed by atoms with Crippen LogP contribution in [0.2, 0.25) is 5.02 Å². The van der Waals surface area contributed by atoms with Crippen LogP contribution in [0, 0.1) is 11.8 Å². The van der Waals surface area contributed by atoms with Gasteiger partial charge in [-0.05, 0) is 49.3 Å². The first-order valence-electron chi connectivity index (χ1n) is 8.67. The van der Waals surface area contributed by atoms with Gasteiger partial charge in [0, 0.05) is 31.7 Å². The monoisotopic (exact) mass is 344 g/mol. The van der Waals surface area contributed by atoms with Crippen molar-refractivity contribution in [3.63, 3.8) is 0 Å². The first-order valence-corrected chi connectivity index (χ1v) is 9.05. The second kappa shape index (κ2) is 6.25. The van der Waals surface area contributed by atoms with Crippen molar-refractivity contribution in [2.45, 2.75) is 25.7 Å². The summed E-state index contributed by atoms with van der Waals surface area (Å²) in [6, 6.07) is 5.35. The van der Waals surface area contributed by atoms with Crippen molar-refractivity contribution in [3.05, 3.63) is 40.9 Å². The number of nitrogens with zero attached hydrogens (tertiary/aromatic N) is 2. The Balaban J connectivity index is 1.57. The van der Waals surface area contributed by atoms with Crippen LogP contribution in [0.4, 0.5) is 5.69 Å². The zero-order valence-corrected chi connectivity index (χ0v) is 14.3. The van der Waals surface area contributed by atoms with Crippen molar-refractivity contribution in [1.29, 1.82) is 0 Å². The molecule has 0 N–H and O–H groups in total. The van der Waals surface area contributed by atoms with Crippen molar-refractivity contribution in [2.75, 3.05) is 24.5 Å². The highest BCUT2D eigenvalue weighted by molar-refractivity contribution is 6.34. The molecule has 126 valence electrons. The summed E-state index contributed by atoms with van der Waals surface area (Å²) >= 11 is 6.30. The van der Waals surface area contributed by atoms with E-state index in [1.165, 1.54) is 0 Å². The highest BCUT2D eigenvalue weighted by atomic mass is 35.5. The smallest absolute Gasteiger partial charge is 0.255 e. The van der Waals surface area contributed by atoms with E-state index >= 15 is 0 Å². The van der Waals surface area contributed by atoms with Gasteiger partial charge in [-0.15, -0.1) is 0 Å². The molecule has 0 saturated carbocycles. The van der Waals surface area contributed by atoms with Crippen LogP contribution in [0.1, 0.15) is 36.0 Å². The van der Waals surface area contributed by atoms with Crippen molar-refractivity contribution in [1.82, 2.24) is 4.90 Å². The average molecular weight is 345 g/mol. The minimum Gasteiger partial charge on any atom is -0.338 e. The molecule has 2 fully saturated rings. The molecule has 2 unspecified atom stereocenters. The van der Waals surface area contributed by atoms with Crippen LogP contribution < -0.4 is 4.90 Å². The van der Waals surface area contributed by atoms with Crippen LogP contribution in [0.5, 0.6) is 0 Å². The summed E-state index contributed by atoms with van der Waals surface area (Å²) in [5, 5.41) is 0.461. The number of halogens is 1. The van der Waals surface area contributed by atoms with E-state index in [2.05, 4.69) is 12.2 Å². The van der Waals surface area contributed by atoms with Gasteiger partial charge in [0.2, 0.25) is 5.91 Å². The Bertz CT molecular complexity index is 699. The molecule has 3 aliphatic rings. The molecule has 0 radical (unpaired) electrons. The Morgan fingerprint density at radius 1 is 1.12 bits per heavy atom. The Labute approximate surface area is 147 Å². The van der Waals surface area contributed by atoms with Crippen molar-refractivity contribution < 1.29 is 9.59 Å². The number of hydrogen-bond donors (Lipinski definition) is 0. The molecule has 0 aromatic heterocycles. The van der Waals surface area contributed by atoms with E-state index in [9.17, 15) is 9.59 Å². The summed E-state index contributed by atoms with van der Waals surface area (Å²) < 4.78 is 0. The van der Waals surface area contributed by atoms with Gasteiger partial charge in [-0.3, -0.25) is 9.59 Å². The molecular formula is C19H21ClN2O2. The highest BCUT2D eigenvalue weighted by Gasteiger charge is 2.36. The fraction of sp³-hybridized carbons (Fsp3) is 0.474. The minimum atomic E-state index is -0.0112. The molecule has 2 atom stereocenters. The zero-order chi connectivity index (χ0) is 16.7. The topological polar surface area (TPSA) is 40.6 Å². The van der Waals surface area contributed by atoms with E-state index in [-0.39, 0.29) is 11.8 Å². The number of hydrogen-bond acceptors (Lipinski definition) is 2. The number of rotatable bonds is 2. The molecule has 0 spiro atoms. The van der Waals surface area contributed by atoms with Gasteiger partial charge < -0.3 is 9.80 Å². The molecule has 1 aromatic carbocycles. The summed E-state index contributed by atoms with van der Waals surface area (Å²) in [5.41, 5.74) is 1.30. The van der Waals surface area contributed by atoms with Gasteiger partial charge >= 0.3 is 0 Å². The SMILES string of the molecule is O=C(c1cc(N2CCCC2=O)ccc1Cl)N1CC2CC=CCC2C1. The molecule has 2 heterocycles. The summed E-state index contributed by atoms with van der Waals surface area (Å²) in [6.45, 7) is 2.32. The van der Waals surface area contributed by atoms with Gasteiger partial charge in [0.15, 0.2) is 0 Å². The summed E-state index contributed by atoms with van der Waals surface area (Å²) in [5.74, 6) is 1.25. The Kier molecular flexibility index (Phi) is 4.09. The average Bonchev–Trinajstić information content (AvgIpc) is 3.20. The molecule has 1 aliphatic carbocycles. The number of allylic oxidation sites excluding steroid dienone is 2. The normalized spacial score (nSPS) is 26.1. The third kappa shape index (κ3) is 2.73. The number of benzene rings is 1. The number of likely N-dealkylation sites (tertiary alicyclic amines) is 1. The van der Waals surface area contributed by atoms with Crippen LogP contribution in [-0.4, -0.2) is 36.3 Å². The van der Waals surface area contributed by atoms with E-state index in [4.69, 9.17) is 11.6 Å². The van der Waals surface area contributed by atoms with E-state index in [1.807, 2.05) is 11.0 Å². The molecule has 2 amide bonds. The molecule has 1 aromatic rings. The van der Waals surface area contributed by atoms with Gasteiger partial charge in [0.05, 0.1) is 10.6 Å². The molecular weight excluding hydrogens is 324 g/mol. The largest absolute Gasteiger partial charge is 0.338 e. The number of anilines is 1. The Morgan fingerprint density at radius 2 is 1.83 bits per heavy atom. The maximum atomic E-state index is 13.0. The Hall–Kier alpha value is -1.81. The maximum absolute atomic E-state index is 13.0. The second-order valence-electron chi connectivity index (χ2n) is 6.99. The number of carbonyl (C=O) groups is 2. The van der Waals surface area contributed by atoms with E-state index in [0.29, 0.717) is 35.4 Å². The quantitative estimate of drug-likeness (QED) is 0.770. The van der Waals surface area contributed by atoms with Crippen molar-refractivity contribution in [2.24, 2.45) is 11.8 Å². The lowest BCUT2D eigenvalue weighted by molar-refractivity contribution is -0.117. The molecule has 4 rings (SSSR count). The van der Waals surface area contributed by atoms with Gasteiger partial charge in [0.1, 0.15) is 0 Å². The fourth-order valence-corrected chi connectivity index (χ4v) is 4.32. The standard InChI is InChI=1S/C19H21ClN2O2/c20-17-8-7-15(22-9-3-6-18(22)23)10-16(17)19(24)21-11-13-4-1-2-5-14(13)12-21/h1-2,7-8,10,13-14H,3-6,9,11-12H2. The van der Waals surface area contributed by atoms with Gasteiger partial charge in [-0.25, -0.2) is 0 Å². The minimum absolute atomic E-state index is 0.0112. The maximum Gasteiger partial charge on any atom is 0.255 e. The van der Waals surface area contributed by atoms with Gasteiger partial charge in [0.25, 0.3) is 5.91 Å². The highest BCUT2D eigenvalue weighted by Crippen LogP contribution is 2.35.